The van der Waals surface area contributed by atoms with Gasteiger partial charge in [-0.15, -0.1) is 12.3 Å². The maximum Gasteiger partial charge on any atom is 0.328 e. The zero-order valence-corrected chi connectivity index (χ0v) is 20.1. The summed E-state index contributed by atoms with van der Waals surface area (Å²) in [5.41, 5.74) is 0. The molecule has 1 rings (SSSR count). The molecule has 1 amide bonds. The molecular formula is C26H43NO5. The number of amides is 1. The van der Waals surface area contributed by atoms with Crippen LogP contribution in [0.1, 0.15) is 110 Å². The van der Waals surface area contributed by atoms with E-state index in [0.717, 1.165) is 64.2 Å². The van der Waals surface area contributed by atoms with Crippen molar-refractivity contribution in [3.63, 3.8) is 0 Å². The van der Waals surface area contributed by atoms with Gasteiger partial charge < -0.3 is 14.8 Å². The first kappa shape index (κ1) is 28.0. The van der Waals surface area contributed by atoms with Crippen LogP contribution in [0.4, 0.5) is 0 Å². The number of rotatable bonds is 20. The van der Waals surface area contributed by atoms with Gasteiger partial charge in [-0.3, -0.25) is 9.59 Å². The molecular weight excluding hydrogens is 406 g/mol. The summed E-state index contributed by atoms with van der Waals surface area (Å²) in [6.45, 7) is 3.77. The van der Waals surface area contributed by atoms with Crippen molar-refractivity contribution in [2.24, 2.45) is 5.92 Å². The zero-order chi connectivity index (χ0) is 23.6. The second-order valence-electron chi connectivity index (χ2n) is 8.95. The Morgan fingerprint density at radius 1 is 1.12 bits per heavy atom. The molecule has 1 fully saturated rings. The van der Waals surface area contributed by atoms with Crippen LogP contribution in [0.25, 0.3) is 0 Å². The number of carbonyl (C=O) groups is 3. The topological polar surface area (TPSA) is 81.7 Å². The van der Waals surface area contributed by atoms with E-state index in [4.69, 9.17) is 15.9 Å². The van der Waals surface area contributed by atoms with E-state index in [0.29, 0.717) is 12.8 Å². The van der Waals surface area contributed by atoms with Crippen LogP contribution in [0, 0.1) is 18.3 Å². The van der Waals surface area contributed by atoms with Gasteiger partial charge in [-0.05, 0) is 32.6 Å². The van der Waals surface area contributed by atoms with E-state index < -0.39 is 12.0 Å². The Balaban J connectivity index is 2.44. The minimum absolute atomic E-state index is 0.0819. The molecule has 6 nitrogen and oxygen atoms in total. The standard InChI is InChI=1S/C26H43NO5/c1-4-6-8-10-11-12-13-14-15-17-22(31-25(29)21(3)27-20-28)19-24-23(26(30)32-24)18-16-9-7-5-2/h1,20-24H,5-19H2,2-3H3,(H,27,28)/t21-,22-,23-,24-/m0/s1. The van der Waals surface area contributed by atoms with E-state index in [2.05, 4.69) is 18.2 Å². The lowest BCUT2D eigenvalue weighted by molar-refractivity contribution is -0.190. The molecule has 0 bridgehead atoms. The third-order valence-corrected chi connectivity index (χ3v) is 6.18. The molecule has 1 N–H and O–H groups in total. The third-order valence-electron chi connectivity index (χ3n) is 6.18. The Morgan fingerprint density at radius 2 is 1.78 bits per heavy atom. The van der Waals surface area contributed by atoms with Gasteiger partial charge in [-0.25, -0.2) is 4.79 Å². The largest absolute Gasteiger partial charge is 0.461 e. The van der Waals surface area contributed by atoms with Crippen molar-refractivity contribution in [3.05, 3.63) is 0 Å². The minimum atomic E-state index is -0.688. The molecule has 1 heterocycles. The van der Waals surface area contributed by atoms with Crippen molar-refractivity contribution in [3.8, 4) is 12.3 Å². The Hall–Kier alpha value is -2.03. The van der Waals surface area contributed by atoms with E-state index in [1.807, 2.05) is 0 Å². The van der Waals surface area contributed by atoms with Crippen LogP contribution in [-0.2, 0) is 23.9 Å². The Morgan fingerprint density at radius 3 is 2.41 bits per heavy atom. The van der Waals surface area contributed by atoms with E-state index in [1.165, 1.54) is 25.7 Å². The summed E-state index contributed by atoms with van der Waals surface area (Å²) in [5.74, 6) is 2.02. The molecule has 182 valence electrons. The van der Waals surface area contributed by atoms with Crippen molar-refractivity contribution in [2.45, 2.75) is 128 Å². The van der Waals surface area contributed by atoms with Crippen LogP contribution in [0.2, 0.25) is 0 Å². The number of carbonyl (C=O) groups excluding carboxylic acids is 3. The fraction of sp³-hybridized carbons (Fsp3) is 0.808. The molecule has 1 aliphatic heterocycles. The molecule has 0 unspecified atom stereocenters. The second-order valence-corrected chi connectivity index (χ2v) is 8.95. The number of cyclic esters (lactones) is 1. The van der Waals surface area contributed by atoms with E-state index in [1.54, 1.807) is 6.92 Å². The number of hydrogen-bond donors (Lipinski definition) is 1. The molecule has 0 aromatic carbocycles. The minimum Gasteiger partial charge on any atom is -0.461 e. The van der Waals surface area contributed by atoms with Gasteiger partial charge >= 0.3 is 11.9 Å². The van der Waals surface area contributed by atoms with Gasteiger partial charge in [0.25, 0.3) is 0 Å². The molecule has 1 saturated heterocycles. The maximum atomic E-state index is 12.3. The number of terminal acetylenes is 1. The van der Waals surface area contributed by atoms with Gasteiger partial charge in [-0.2, -0.15) is 0 Å². The highest BCUT2D eigenvalue weighted by atomic mass is 16.6. The monoisotopic (exact) mass is 449 g/mol. The van der Waals surface area contributed by atoms with Crippen LogP contribution in [0.15, 0.2) is 0 Å². The average molecular weight is 450 g/mol. The Labute approximate surface area is 194 Å². The van der Waals surface area contributed by atoms with Crippen LogP contribution in [0.5, 0.6) is 0 Å². The zero-order valence-electron chi connectivity index (χ0n) is 20.1. The van der Waals surface area contributed by atoms with Crippen LogP contribution in [-0.4, -0.2) is 36.6 Å². The molecule has 4 atom stereocenters. The van der Waals surface area contributed by atoms with Crippen LogP contribution >= 0.6 is 0 Å². The van der Waals surface area contributed by atoms with E-state index in [9.17, 15) is 14.4 Å². The number of esters is 2. The summed E-state index contributed by atoms with van der Waals surface area (Å²) < 4.78 is 11.1. The lowest BCUT2D eigenvalue weighted by Gasteiger charge is -2.37. The molecule has 0 aromatic heterocycles. The first-order valence-electron chi connectivity index (χ1n) is 12.6. The molecule has 0 spiro atoms. The van der Waals surface area contributed by atoms with E-state index in [-0.39, 0.29) is 24.1 Å². The molecule has 0 saturated carbocycles. The SMILES string of the molecule is C#CCCCCCCCCC[C@@H](C[C@@H]1OC(=O)[C@H]1CCCCCC)OC(=O)[C@H](C)NC=O. The second kappa shape index (κ2) is 17.5. The predicted molar refractivity (Wildman–Crippen MR) is 126 cm³/mol. The summed E-state index contributed by atoms with van der Waals surface area (Å²) >= 11 is 0. The van der Waals surface area contributed by atoms with E-state index >= 15 is 0 Å². The van der Waals surface area contributed by atoms with Crippen molar-refractivity contribution in [1.29, 1.82) is 0 Å². The van der Waals surface area contributed by atoms with Gasteiger partial charge in [-0.1, -0.05) is 64.7 Å². The number of nitrogens with one attached hydrogen (secondary N) is 1. The molecule has 1 aliphatic rings. The fourth-order valence-corrected chi connectivity index (χ4v) is 4.11. The van der Waals surface area contributed by atoms with Gasteiger partial charge in [0.15, 0.2) is 0 Å². The molecule has 6 heteroatoms. The predicted octanol–water partition coefficient (Wildman–Crippen LogP) is 5.08. The molecule has 0 radical (unpaired) electrons. The summed E-state index contributed by atoms with van der Waals surface area (Å²) in [4.78, 5) is 34.9. The van der Waals surface area contributed by atoms with Gasteiger partial charge in [0, 0.05) is 12.8 Å². The van der Waals surface area contributed by atoms with Crippen molar-refractivity contribution < 1.29 is 23.9 Å². The summed E-state index contributed by atoms with van der Waals surface area (Å²) in [5, 5.41) is 2.44. The number of unbranched alkanes of at least 4 members (excludes halogenated alkanes) is 10. The summed E-state index contributed by atoms with van der Waals surface area (Å²) in [7, 11) is 0. The number of hydrogen-bond acceptors (Lipinski definition) is 5. The highest BCUT2D eigenvalue weighted by Crippen LogP contribution is 2.32. The Kier molecular flexibility index (Phi) is 15.3. The summed E-state index contributed by atoms with van der Waals surface area (Å²) in [6, 6.07) is -0.688. The highest BCUT2D eigenvalue weighted by Gasteiger charge is 2.43. The first-order valence-corrected chi connectivity index (χ1v) is 12.6. The third kappa shape index (κ3) is 11.5. The molecule has 32 heavy (non-hydrogen) atoms. The Bertz CT molecular complexity index is 585. The van der Waals surface area contributed by atoms with Crippen molar-refractivity contribution >= 4 is 18.3 Å². The van der Waals surface area contributed by atoms with Crippen LogP contribution < -0.4 is 5.32 Å². The first-order chi connectivity index (χ1) is 15.5. The van der Waals surface area contributed by atoms with Crippen molar-refractivity contribution in [2.75, 3.05) is 0 Å². The summed E-state index contributed by atoms with van der Waals surface area (Å²) in [6.07, 6.45) is 20.6. The quantitative estimate of drug-likeness (QED) is 0.121. The smallest absolute Gasteiger partial charge is 0.328 e. The highest BCUT2D eigenvalue weighted by molar-refractivity contribution is 5.79. The average Bonchev–Trinajstić information content (AvgIpc) is 2.77. The maximum absolute atomic E-state index is 12.3. The lowest BCUT2D eigenvalue weighted by atomic mass is 9.86. The van der Waals surface area contributed by atoms with Gasteiger partial charge in [0.05, 0.1) is 5.92 Å². The lowest BCUT2D eigenvalue weighted by Crippen LogP contribution is -2.47. The van der Waals surface area contributed by atoms with Gasteiger partial charge in [0.2, 0.25) is 6.41 Å². The number of ether oxygens (including phenoxy) is 2. The normalized spacial score (nSPS) is 19.2. The van der Waals surface area contributed by atoms with Crippen molar-refractivity contribution in [1.82, 2.24) is 5.32 Å². The molecule has 0 aromatic rings. The van der Waals surface area contributed by atoms with Gasteiger partial charge in [0.1, 0.15) is 18.2 Å². The molecule has 0 aliphatic carbocycles. The fourth-order valence-electron chi connectivity index (χ4n) is 4.11. The van der Waals surface area contributed by atoms with Crippen LogP contribution in [0.3, 0.4) is 0 Å².